The van der Waals surface area contributed by atoms with E-state index in [1.54, 1.807) is 54.6 Å². The average Bonchev–Trinajstić information content (AvgIpc) is 3.06. The van der Waals surface area contributed by atoms with Gasteiger partial charge in [0.05, 0.1) is 12.1 Å². The number of aliphatic hydroxyl groups is 1. The Hall–Kier alpha value is -2.87. The molecular formula is C20H19F3N2O3. The van der Waals surface area contributed by atoms with E-state index in [1.165, 1.54) is 0 Å². The minimum atomic E-state index is -5.08. The summed E-state index contributed by atoms with van der Waals surface area (Å²) in [5.41, 5.74) is -2.00. The molecule has 5 nitrogen and oxygen atoms in total. The van der Waals surface area contributed by atoms with Crippen molar-refractivity contribution in [3.63, 3.8) is 0 Å². The van der Waals surface area contributed by atoms with Crippen LogP contribution in [0.1, 0.15) is 24.5 Å². The van der Waals surface area contributed by atoms with Crippen molar-refractivity contribution in [1.29, 1.82) is 0 Å². The van der Waals surface area contributed by atoms with Crippen LogP contribution in [0.4, 0.5) is 13.2 Å². The van der Waals surface area contributed by atoms with Crippen molar-refractivity contribution in [2.24, 2.45) is 5.10 Å². The highest BCUT2D eigenvalue weighted by atomic mass is 19.4. The summed E-state index contributed by atoms with van der Waals surface area (Å²) < 4.78 is 45.9. The minimum Gasteiger partial charge on any atom is -0.484 e. The van der Waals surface area contributed by atoms with Crippen molar-refractivity contribution in [1.82, 2.24) is 5.01 Å². The van der Waals surface area contributed by atoms with Gasteiger partial charge in [0.2, 0.25) is 0 Å². The molecule has 0 radical (unpaired) electrons. The number of ether oxygens (including phenoxy) is 1. The highest BCUT2D eigenvalue weighted by molar-refractivity contribution is 6.03. The van der Waals surface area contributed by atoms with E-state index in [9.17, 15) is 23.1 Å². The summed E-state index contributed by atoms with van der Waals surface area (Å²) in [4.78, 5) is 12.4. The number of aryl methyl sites for hydroxylation is 1. The van der Waals surface area contributed by atoms with Gasteiger partial charge in [-0.3, -0.25) is 4.79 Å². The second kappa shape index (κ2) is 7.63. The fraction of sp³-hybridized carbons (Fsp3) is 0.300. The molecule has 2 aromatic carbocycles. The molecule has 8 heteroatoms. The molecule has 0 spiro atoms. The van der Waals surface area contributed by atoms with Gasteiger partial charge in [0, 0.05) is 0 Å². The maximum Gasteiger partial charge on any atom is 0.438 e. The van der Waals surface area contributed by atoms with E-state index in [0.29, 0.717) is 11.3 Å². The van der Waals surface area contributed by atoms with Crippen molar-refractivity contribution < 1.29 is 27.8 Å². The van der Waals surface area contributed by atoms with Crippen molar-refractivity contribution in [3.8, 4) is 5.75 Å². The van der Waals surface area contributed by atoms with Crippen molar-refractivity contribution in [2.45, 2.75) is 31.7 Å². The largest absolute Gasteiger partial charge is 0.484 e. The predicted octanol–water partition coefficient (Wildman–Crippen LogP) is 3.52. The Labute approximate surface area is 160 Å². The first kappa shape index (κ1) is 19.9. The van der Waals surface area contributed by atoms with E-state index < -0.39 is 30.8 Å². The molecule has 1 aliphatic heterocycles. The number of para-hydroxylation sites is 1. The van der Waals surface area contributed by atoms with E-state index in [-0.39, 0.29) is 10.7 Å². The number of carbonyl (C=O) groups excluding carboxylic acids is 1. The Bertz CT molecular complexity index is 867. The third-order valence-corrected chi connectivity index (χ3v) is 4.48. The lowest BCUT2D eigenvalue weighted by molar-refractivity contribution is -0.302. The van der Waals surface area contributed by atoms with E-state index in [4.69, 9.17) is 4.74 Å². The number of hydrazone groups is 1. The Kier molecular flexibility index (Phi) is 5.42. The van der Waals surface area contributed by atoms with Gasteiger partial charge in [-0.2, -0.15) is 23.3 Å². The molecule has 1 heterocycles. The van der Waals surface area contributed by atoms with Crippen molar-refractivity contribution in [2.75, 3.05) is 6.61 Å². The molecule has 28 heavy (non-hydrogen) atoms. The van der Waals surface area contributed by atoms with Crippen LogP contribution in [-0.4, -0.2) is 40.2 Å². The van der Waals surface area contributed by atoms with Crippen LogP contribution < -0.4 is 4.74 Å². The zero-order chi connectivity index (χ0) is 20.4. The van der Waals surface area contributed by atoms with Crippen LogP contribution in [0.15, 0.2) is 59.7 Å². The lowest BCUT2D eigenvalue weighted by Gasteiger charge is -2.32. The molecule has 1 N–H and O–H groups in total. The highest BCUT2D eigenvalue weighted by Gasteiger charge is 2.63. The molecule has 2 aromatic rings. The summed E-state index contributed by atoms with van der Waals surface area (Å²) in [5, 5.41) is 14.2. The van der Waals surface area contributed by atoms with E-state index in [1.807, 2.05) is 6.92 Å². The molecule has 0 saturated carbocycles. The molecule has 148 valence electrons. The lowest BCUT2D eigenvalue weighted by atomic mass is 9.99. The van der Waals surface area contributed by atoms with Gasteiger partial charge in [-0.05, 0) is 29.7 Å². The minimum absolute atomic E-state index is 0.0180. The lowest BCUT2D eigenvalue weighted by Crippen LogP contribution is -2.57. The van der Waals surface area contributed by atoms with E-state index >= 15 is 0 Å². The Morgan fingerprint density at radius 3 is 2.39 bits per heavy atom. The van der Waals surface area contributed by atoms with Crippen LogP contribution in [0.5, 0.6) is 5.75 Å². The molecule has 1 atom stereocenters. The summed E-state index contributed by atoms with van der Waals surface area (Å²) >= 11 is 0. The number of halogens is 3. The SMILES string of the molecule is CCc1ccc(C2=NN(C(=O)COc3ccccc3)[C@@](O)(C(F)(F)F)C2)cc1. The van der Waals surface area contributed by atoms with Gasteiger partial charge < -0.3 is 9.84 Å². The molecule has 1 aliphatic rings. The van der Waals surface area contributed by atoms with Crippen molar-refractivity contribution >= 4 is 11.6 Å². The number of hydrogen-bond acceptors (Lipinski definition) is 4. The summed E-state index contributed by atoms with van der Waals surface area (Å²) in [5.74, 6) is -0.770. The molecule has 0 bridgehead atoms. The molecule has 1 amide bonds. The second-order valence-corrected chi connectivity index (χ2v) is 6.40. The Morgan fingerprint density at radius 2 is 1.82 bits per heavy atom. The molecular weight excluding hydrogens is 373 g/mol. The van der Waals surface area contributed by atoms with Crippen LogP contribution >= 0.6 is 0 Å². The summed E-state index contributed by atoms with van der Waals surface area (Å²) in [6.45, 7) is 1.27. The normalized spacial score (nSPS) is 19.5. The monoisotopic (exact) mass is 392 g/mol. The van der Waals surface area contributed by atoms with Gasteiger partial charge in [-0.25, -0.2) is 0 Å². The second-order valence-electron chi connectivity index (χ2n) is 6.40. The van der Waals surface area contributed by atoms with Gasteiger partial charge in [-0.15, -0.1) is 0 Å². The number of amides is 1. The first-order chi connectivity index (χ1) is 13.2. The number of carbonyl (C=O) groups is 1. The van der Waals surface area contributed by atoms with E-state index in [0.717, 1.165) is 12.0 Å². The van der Waals surface area contributed by atoms with Crippen LogP contribution in [0.25, 0.3) is 0 Å². The quantitative estimate of drug-likeness (QED) is 0.847. The number of hydrogen-bond donors (Lipinski definition) is 1. The van der Waals surface area contributed by atoms with Gasteiger partial charge >= 0.3 is 6.18 Å². The van der Waals surface area contributed by atoms with Crippen LogP contribution in [0.2, 0.25) is 0 Å². The smallest absolute Gasteiger partial charge is 0.438 e. The van der Waals surface area contributed by atoms with Gasteiger partial charge in [0.15, 0.2) is 6.61 Å². The molecule has 0 unspecified atom stereocenters. The highest BCUT2D eigenvalue weighted by Crippen LogP contribution is 2.41. The molecule has 0 aromatic heterocycles. The summed E-state index contributed by atoms with van der Waals surface area (Å²) in [7, 11) is 0. The number of benzene rings is 2. The van der Waals surface area contributed by atoms with Gasteiger partial charge in [0.25, 0.3) is 11.6 Å². The summed E-state index contributed by atoms with van der Waals surface area (Å²) in [6.07, 6.45) is -5.15. The topological polar surface area (TPSA) is 62.1 Å². The van der Waals surface area contributed by atoms with Gasteiger partial charge in [0.1, 0.15) is 5.75 Å². The molecule has 0 fully saturated rings. The maximum atomic E-state index is 13.6. The third kappa shape index (κ3) is 3.87. The maximum absolute atomic E-state index is 13.6. The fourth-order valence-electron chi connectivity index (χ4n) is 2.85. The zero-order valence-electron chi connectivity index (χ0n) is 15.1. The standard InChI is InChI=1S/C20H19F3N2O3/c1-2-14-8-10-15(11-9-14)17-12-19(27,20(21,22)23)25(24-17)18(26)13-28-16-6-4-3-5-7-16/h3-11,27H,2,12-13H2,1H3/t19-/m0/s1. The van der Waals surface area contributed by atoms with Crippen LogP contribution in [0, 0.1) is 0 Å². The fourth-order valence-corrected chi connectivity index (χ4v) is 2.85. The average molecular weight is 392 g/mol. The Morgan fingerprint density at radius 1 is 1.18 bits per heavy atom. The summed E-state index contributed by atoms with van der Waals surface area (Å²) in [6, 6.07) is 15.0. The molecule has 0 saturated heterocycles. The first-order valence-corrected chi connectivity index (χ1v) is 8.71. The number of nitrogens with zero attached hydrogens (tertiary/aromatic N) is 2. The first-order valence-electron chi connectivity index (χ1n) is 8.71. The molecule has 3 rings (SSSR count). The van der Waals surface area contributed by atoms with Crippen LogP contribution in [-0.2, 0) is 11.2 Å². The number of alkyl halides is 3. The van der Waals surface area contributed by atoms with Crippen LogP contribution in [0.3, 0.4) is 0 Å². The predicted molar refractivity (Wildman–Crippen MR) is 96.8 cm³/mol. The van der Waals surface area contributed by atoms with E-state index in [2.05, 4.69) is 5.10 Å². The van der Waals surface area contributed by atoms with Gasteiger partial charge in [-0.1, -0.05) is 49.4 Å². The Balaban J connectivity index is 1.85. The third-order valence-electron chi connectivity index (χ3n) is 4.48. The number of rotatable bonds is 5. The van der Waals surface area contributed by atoms with Crippen molar-refractivity contribution in [3.05, 3.63) is 65.7 Å². The molecule has 0 aliphatic carbocycles. The zero-order valence-corrected chi connectivity index (χ0v) is 15.1.